The van der Waals surface area contributed by atoms with Gasteiger partial charge in [-0.25, -0.2) is 0 Å². The quantitative estimate of drug-likeness (QED) is 0.0261. The predicted molar refractivity (Wildman–Crippen MR) is 339 cm³/mol. The van der Waals surface area contributed by atoms with E-state index in [2.05, 4.69) is 106 Å². The maximum atomic E-state index is 12.9. The summed E-state index contributed by atoms with van der Waals surface area (Å²) in [6.07, 6.45) is 87.3. The van der Waals surface area contributed by atoms with Crippen molar-refractivity contribution in [1.29, 1.82) is 0 Å². The molecule has 0 saturated heterocycles. The Hall–Kier alpha value is -3.41. The van der Waals surface area contributed by atoms with Crippen molar-refractivity contribution in [2.24, 2.45) is 0 Å². The lowest BCUT2D eigenvalue weighted by molar-refractivity contribution is -0.167. The molecule has 0 heterocycles. The standard InChI is InChI=1S/C72H126O6/c1-4-7-10-13-16-19-22-25-28-31-33-34-35-36-37-38-40-41-44-47-50-53-56-59-62-65-71(74)77-68-69(67-76-70(73)64-61-58-55-52-49-46-43-30-27-24-21-18-15-12-9-6-3)78-72(75)66-63-60-57-54-51-48-45-42-39-32-29-26-23-20-17-14-11-8-5-2/h17,20,22,25-26,29-31,33,35-36,39,42-43,69H,4-16,18-19,21,23-24,27-28,32,34,37-38,40-41,44-68H2,1-3H3/b20-17-,25-22-,29-26-,33-31-,36-35-,42-39-,43-30-. The van der Waals surface area contributed by atoms with Crippen LogP contribution in [0.5, 0.6) is 0 Å². The predicted octanol–water partition coefficient (Wildman–Crippen LogP) is 23.1. The van der Waals surface area contributed by atoms with Gasteiger partial charge in [0.2, 0.25) is 0 Å². The molecule has 1 atom stereocenters. The van der Waals surface area contributed by atoms with E-state index in [0.29, 0.717) is 19.3 Å². The number of unbranched alkanes of at least 4 members (excludes halogenated alkanes) is 36. The fraction of sp³-hybridized carbons (Fsp3) is 0.764. The van der Waals surface area contributed by atoms with Gasteiger partial charge in [-0.15, -0.1) is 0 Å². The Morgan fingerprint density at radius 3 is 0.756 bits per heavy atom. The summed E-state index contributed by atoms with van der Waals surface area (Å²) in [4.78, 5) is 38.4. The van der Waals surface area contributed by atoms with Crippen LogP contribution in [0, 0.1) is 0 Å². The number of carbonyl (C=O) groups excluding carboxylic acids is 3. The number of allylic oxidation sites excluding steroid dienone is 14. The van der Waals surface area contributed by atoms with E-state index in [0.717, 1.165) is 103 Å². The number of carbonyl (C=O) groups is 3. The first-order valence-electron chi connectivity index (χ1n) is 33.6. The Kier molecular flexibility index (Phi) is 63.2. The highest BCUT2D eigenvalue weighted by atomic mass is 16.6. The lowest BCUT2D eigenvalue weighted by atomic mass is 10.1. The summed E-state index contributed by atoms with van der Waals surface area (Å²) >= 11 is 0. The van der Waals surface area contributed by atoms with Gasteiger partial charge in [0.1, 0.15) is 13.2 Å². The third-order valence-corrected chi connectivity index (χ3v) is 14.6. The van der Waals surface area contributed by atoms with Crippen LogP contribution >= 0.6 is 0 Å². The molecule has 0 aromatic rings. The van der Waals surface area contributed by atoms with Crippen molar-refractivity contribution in [1.82, 2.24) is 0 Å². The average Bonchev–Trinajstić information content (AvgIpc) is 3.44. The minimum Gasteiger partial charge on any atom is -0.462 e. The van der Waals surface area contributed by atoms with Gasteiger partial charge in [0, 0.05) is 19.3 Å². The first-order valence-corrected chi connectivity index (χ1v) is 33.6. The normalized spacial score (nSPS) is 12.6. The third-order valence-electron chi connectivity index (χ3n) is 14.6. The topological polar surface area (TPSA) is 78.9 Å². The van der Waals surface area contributed by atoms with Crippen molar-refractivity contribution in [2.45, 2.75) is 341 Å². The molecule has 0 spiro atoms. The molecule has 0 aromatic heterocycles. The molecule has 0 aromatic carbocycles. The second-order valence-corrected chi connectivity index (χ2v) is 22.4. The monoisotopic (exact) mass is 1090 g/mol. The molecule has 0 aliphatic rings. The summed E-state index contributed by atoms with van der Waals surface area (Å²) in [6, 6.07) is 0. The van der Waals surface area contributed by atoms with Crippen LogP contribution in [0.1, 0.15) is 335 Å². The highest BCUT2D eigenvalue weighted by Gasteiger charge is 2.19. The smallest absolute Gasteiger partial charge is 0.306 e. The van der Waals surface area contributed by atoms with Gasteiger partial charge in [0.05, 0.1) is 0 Å². The average molecular weight is 1090 g/mol. The van der Waals surface area contributed by atoms with E-state index in [1.165, 1.54) is 193 Å². The second-order valence-electron chi connectivity index (χ2n) is 22.4. The van der Waals surface area contributed by atoms with Gasteiger partial charge in [-0.3, -0.25) is 14.4 Å². The molecule has 0 amide bonds. The number of hydrogen-bond donors (Lipinski definition) is 0. The molecule has 6 heteroatoms. The van der Waals surface area contributed by atoms with E-state index in [9.17, 15) is 14.4 Å². The van der Waals surface area contributed by atoms with E-state index >= 15 is 0 Å². The van der Waals surface area contributed by atoms with Crippen molar-refractivity contribution in [3.8, 4) is 0 Å². The maximum Gasteiger partial charge on any atom is 0.306 e. The van der Waals surface area contributed by atoms with Crippen LogP contribution in [0.2, 0.25) is 0 Å². The number of rotatable bonds is 61. The van der Waals surface area contributed by atoms with Crippen molar-refractivity contribution in [3.63, 3.8) is 0 Å². The van der Waals surface area contributed by atoms with Gasteiger partial charge < -0.3 is 14.2 Å². The summed E-state index contributed by atoms with van der Waals surface area (Å²) in [5, 5.41) is 0. The minimum atomic E-state index is -0.791. The molecule has 1 unspecified atom stereocenters. The van der Waals surface area contributed by atoms with Crippen LogP contribution in [0.15, 0.2) is 85.1 Å². The van der Waals surface area contributed by atoms with E-state index in [1.807, 2.05) is 0 Å². The molecule has 0 aliphatic carbocycles. The van der Waals surface area contributed by atoms with E-state index < -0.39 is 6.10 Å². The molecule has 6 nitrogen and oxygen atoms in total. The Labute approximate surface area is 484 Å². The molecule has 450 valence electrons. The van der Waals surface area contributed by atoms with E-state index in [4.69, 9.17) is 14.2 Å². The van der Waals surface area contributed by atoms with Crippen molar-refractivity contribution in [2.75, 3.05) is 13.2 Å². The van der Waals surface area contributed by atoms with Gasteiger partial charge in [0.25, 0.3) is 0 Å². The summed E-state index contributed by atoms with van der Waals surface area (Å²) in [5.74, 6) is -0.896. The molecule has 0 rings (SSSR count). The Morgan fingerprint density at radius 2 is 0.462 bits per heavy atom. The van der Waals surface area contributed by atoms with Gasteiger partial charge >= 0.3 is 17.9 Å². The molecule has 0 aliphatic heterocycles. The number of esters is 3. The summed E-state index contributed by atoms with van der Waals surface area (Å²) in [5.41, 5.74) is 0. The van der Waals surface area contributed by atoms with Gasteiger partial charge in [-0.1, -0.05) is 279 Å². The summed E-state index contributed by atoms with van der Waals surface area (Å²) in [6.45, 7) is 6.61. The third kappa shape index (κ3) is 63.4. The summed E-state index contributed by atoms with van der Waals surface area (Å²) in [7, 11) is 0. The van der Waals surface area contributed by atoms with E-state index in [1.54, 1.807) is 0 Å². The maximum absolute atomic E-state index is 12.9. The second kappa shape index (κ2) is 66.1. The number of hydrogen-bond acceptors (Lipinski definition) is 6. The Balaban J connectivity index is 4.38. The first-order chi connectivity index (χ1) is 38.5. The zero-order chi connectivity index (χ0) is 56.4. The van der Waals surface area contributed by atoms with Crippen molar-refractivity contribution in [3.05, 3.63) is 85.1 Å². The molecule has 0 radical (unpaired) electrons. The lowest BCUT2D eigenvalue weighted by Crippen LogP contribution is -2.30. The molecule has 78 heavy (non-hydrogen) atoms. The largest absolute Gasteiger partial charge is 0.462 e. The van der Waals surface area contributed by atoms with E-state index in [-0.39, 0.29) is 31.1 Å². The molecular weight excluding hydrogens is 961 g/mol. The fourth-order valence-electron chi connectivity index (χ4n) is 9.51. The van der Waals surface area contributed by atoms with Gasteiger partial charge in [-0.05, 0) is 122 Å². The van der Waals surface area contributed by atoms with Crippen LogP contribution < -0.4 is 0 Å². The first kappa shape index (κ1) is 74.6. The SMILES string of the molecule is CCCCC/C=C\C/C=C\C/C=C\CCCCCCCCC(=O)OC(COC(=O)CCCCCCC/C=C\CCCCCCCCC)COC(=O)CCCCCCCCCCCC/C=C\C/C=C\C/C=C\CCCCCCC. The molecule has 0 fully saturated rings. The van der Waals surface area contributed by atoms with Crippen molar-refractivity contribution < 1.29 is 28.6 Å². The highest BCUT2D eigenvalue weighted by molar-refractivity contribution is 5.71. The summed E-state index contributed by atoms with van der Waals surface area (Å²) < 4.78 is 16.9. The van der Waals surface area contributed by atoms with Crippen molar-refractivity contribution >= 4 is 17.9 Å². The van der Waals surface area contributed by atoms with Crippen LogP contribution in [-0.4, -0.2) is 37.2 Å². The Bertz CT molecular complexity index is 1480. The van der Waals surface area contributed by atoms with Crippen LogP contribution in [0.3, 0.4) is 0 Å². The Morgan fingerprint density at radius 1 is 0.256 bits per heavy atom. The highest BCUT2D eigenvalue weighted by Crippen LogP contribution is 2.16. The molecular formula is C72H126O6. The minimum absolute atomic E-state index is 0.0856. The fourth-order valence-corrected chi connectivity index (χ4v) is 9.51. The van der Waals surface area contributed by atoms with Crippen LogP contribution in [-0.2, 0) is 28.6 Å². The zero-order valence-electron chi connectivity index (χ0n) is 51.7. The lowest BCUT2D eigenvalue weighted by Gasteiger charge is -2.18. The molecule has 0 N–H and O–H groups in total. The van der Waals surface area contributed by atoms with Crippen LogP contribution in [0.4, 0.5) is 0 Å². The van der Waals surface area contributed by atoms with Crippen LogP contribution in [0.25, 0.3) is 0 Å². The van der Waals surface area contributed by atoms with Gasteiger partial charge in [0.15, 0.2) is 6.10 Å². The zero-order valence-corrected chi connectivity index (χ0v) is 51.7. The number of ether oxygens (including phenoxy) is 3. The van der Waals surface area contributed by atoms with Gasteiger partial charge in [-0.2, -0.15) is 0 Å². The molecule has 0 saturated carbocycles. The molecule has 0 bridgehead atoms.